The Balaban J connectivity index is 2.52. The van der Waals surface area contributed by atoms with Crippen molar-refractivity contribution in [3.8, 4) is 0 Å². The maximum absolute atomic E-state index is 9.25. The Kier molecular flexibility index (Phi) is 3.09. The molecule has 5 heteroatoms. The number of hydrogen-bond acceptors (Lipinski definition) is 4. The maximum atomic E-state index is 9.25. The number of halogens is 1. The van der Waals surface area contributed by atoms with Gasteiger partial charge in [-0.3, -0.25) is 0 Å². The van der Waals surface area contributed by atoms with Crippen LogP contribution in [-0.2, 0) is 0 Å². The van der Waals surface area contributed by atoms with Crippen LogP contribution in [0.5, 0.6) is 0 Å². The summed E-state index contributed by atoms with van der Waals surface area (Å²) in [5.41, 5.74) is 0. The van der Waals surface area contributed by atoms with E-state index in [9.17, 15) is 5.11 Å². The first-order valence-corrected chi connectivity index (χ1v) is 4.04. The molecule has 1 saturated heterocycles. The largest absolute Gasteiger partial charge is 0.389 e. The average Bonchev–Trinajstić information content (AvgIpc) is 2.01. The van der Waals surface area contributed by atoms with E-state index in [0.29, 0.717) is 0 Å². The molecule has 0 amide bonds. The van der Waals surface area contributed by atoms with E-state index in [0.717, 1.165) is 0 Å². The van der Waals surface area contributed by atoms with E-state index in [1.54, 1.807) is 0 Å². The summed E-state index contributed by atoms with van der Waals surface area (Å²) < 4.78 is 0. The van der Waals surface area contributed by atoms with Gasteiger partial charge in [-0.25, -0.2) is 0 Å². The summed E-state index contributed by atoms with van der Waals surface area (Å²) in [5, 5.41) is 30.3. The average molecular weight is 182 g/mol. The molecule has 4 N–H and O–H groups in total. The van der Waals surface area contributed by atoms with Gasteiger partial charge in [-0.1, -0.05) is 0 Å². The molecule has 0 spiro atoms. The summed E-state index contributed by atoms with van der Waals surface area (Å²) in [6.45, 7) is 0.273. The van der Waals surface area contributed by atoms with E-state index >= 15 is 0 Å². The minimum absolute atomic E-state index is 0.227. The summed E-state index contributed by atoms with van der Waals surface area (Å²) in [6, 6.07) is -0.324. The summed E-state index contributed by atoms with van der Waals surface area (Å²) in [4.78, 5) is 0. The van der Waals surface area contributed by atoms with E-state index in [4.69, 9.17) is 21.8 Å². The van der Waals surface area contributed by atoms with Gasteiger partial charge in [0, 0.05) is 18.5 Å². The zero-order chi connectivity index (χ0) is 8.43. The summed E-state index contributed by atoms with van der Waals surface area (Å²) in [5.74, 6) is 0.227. The van der Waals surface area contributed by atoms with Crippen LogP contribution in [0.25, 0.3) is 0 Å². The Morgan fingerprint density at radius 3 is 2.45 bits per heavy atom. The first-order valence-electron chi connectivity index (χ1n) is 3.50. The minimum atomic E-state index is -1.08. The van der Waals surface area contributed by atoms with Crippen LogP contribution in [0.4, 0.5) is 0 Å². The van der Waals surface area contributed by atoms with Gasteiger partial charge in [-0.2, -0.15) is 0 Å². The second-order valence-corrected chi connectivity index (χ2v) is 3.03. The molecule has 0 aliphatic carbocycles. The number of piperidine rings is 1. The predicted molar refractivity (Wildman–Crippen MR) is 40.5 cm³/mol. The van der Waals surface area contributed by atoms with Crippen molar-refractivity contribution >= 4 is 11.6 Å². The molecule has 1 aliphatic heterocycles. The van der Waals surface area contributed by atoms with Gasteiger partial charge in [-0.05, 0) is 0 Å². The number of alkyl halides is 1. The van der Waals surface area contributed by atoms with Gasteiger partial charge in [-0.15, -0.1) is 11.6 Å². The molecule has 0 aromatic heterocycles. The molecule has 0 saturated carbocycles. The molecular formula is C6H12ClNO3. The zero-order valence-electron chi connectivity index (χ0n) is 5.94. The maximum Gasteiger partial charge on any atom is 0.109 e. The van der Waals surface area contributed by atoms with Gasteiger partial charge >= 0.3 is 0 Å². The van der Waals surface area contributed by atoms with Crippen molar-refractivity contribution in [2.75, 3.05) is 12.4 Å². The molecule has 1 fully saturated rings. The molecular weight excluding hydrogens is 170 g/mol. The highest BCUT2D eigenvalue weighted by molar-refractivity contribution is 6.18. The van der Waals surface area contributed by atoms with Crippen LogP contribution < -0.4 is 5.32 Å². The van der Waals surface area contributed by atoms with Crippen molar-refractivity contribution in [3.63, 3.8) is 0 Å². The molecule has 0 radical (unpaired) electrons. The van der Waals surface area contributed by atoms with Gasteiger partial charge in [0.1, 0.15) is 6.10 Å². The number of β-amino-alcohol motifs (C(OH)–C–C–N with tert-alkyl or cyclic N) is 1. The third kappa shape index (κ3) is 1.83. The lowest BCUT2D eigenvalue weighted by Crippen LogP contribution is -2.60. The van der Waals surface area contributed by atoms with Gasteiger partial charge < -0.3 is 20.6 Å². The van der Waals surface area contributed by atoms with Crippen LogP contribution in [0.3, 0.4) is 0 Å². The van der Waals surface area contributed by atoms with Crippen molar-refractivity contribution in [1.82, 2.24) is 5.32 Å². The fraction of sp³-hybridized carbons (Fsp3) is 1.00. The van der Waals surface area contributed by atoms with Crippen molar-refractivity contribution in [2.24, 2.45) is 0 Å². The highest BCUT2D eigenvalue weighted by Crippen LogP contribution is 2.11. The highest BCUT2D eigenvalue weighted by atomic mass is 35.5. The Bertz CT molecular complexity index is 133. The Morgan fingerprint density at radius 1 is 1.27 bits per heavy atom. The van der Waals surface area contributed by atoms with E-state index in [2.05, 4.69) is 5.32 Å². The monoisotopic (exact) mass is 181 g/mol. The van der Waals surface area contributed by atoms with Crippen molar-refractivity contribution in [3.05, 3.63) is 0 Å². The molecule has 0 bridgehead atoms. The van der Waals surface area contributed by atoms with Crippen LogP contribution in [0.15, 0.2) is 0 Å². The molecule has 4 nitrogen and oxygen atoms in total. The lowest BCUT2D eigenvalue weighted by molar-refractivity contribution is -0.0904. The van der Waals surface area contributed by atoms with E-state index in [1.807, 2.05) is 0 Å². The lowest BCUT2D eigenvalue weighted by Gasteiger charge is -2.34. The van der Waals surface area contributed by atoms with Crippen LogP contribution in [0.2, 0.25) is 0 Å². The number of aliphatic hydroxyl groups is 3. The first-order chi connectivity index (χ1) is 5.16. The van der Waals surface area contributed by atoms with Crippen LogP contribution in [-0.4, -0.2) is 52.1 Å². The van der Waals surface area contributed by atoms with E-state index < -0.39 is 18.3 Å². The standard InChI is InChI=1S/C6H12ClNO3/c7-1-3-5(10)6(11)4(9)2-8-3/h3-6,8-11H,1-2H2/t3-,4+,5+,6-/m1/s1. The summed E-state index contributed by atoms with van der Waals surface area (Å²) in [6.07, 6.45) is -2.96. The quantitative estimate of drug-likeness (QED) is 0.363. The second-order valence-electron chi connectivity index (χ2n) is 2.72. The fourth-order valence-corrected chi connectivity index (χ4v) is 1.42. The summed E-state index contributed by atoms with van der Waals surface area (Å²) in [7, 11) is 0. The summed E-state index contributed by atoms with van der Waals surface area (Å²) >= 11 is 5.47. The SMILES string of the molecule is O[C@@H]1[C@H](O)[C@@H](O)CN[C@@H]1CCl. The van der Waals surface area contributed by atoms with E-state index in [1.165, 1.54) is 0 Å². The van der Waals surface area contributed by atoms with Gasteiger partial charge in [0.05, 0.1) is 12.2 Å². The van der Waals surface area contributed by atoms with Crippen molar-refractivity contribution in [2.45, 2.75) is 24.4 Å². The second kappa shape index (κ2) is 3.69. The Hall–Kier alpha value is 0.130. The fourth-order valence-electron chi connectivity index (χ4n) is 1.13. The Morgan fingerprint density at radius 2 is 1.91 bits per heavy atom. The third-order valence-electron chi connectivity index (χ3n) is 1.91. The van der Waals surface area contributed by atoms with Crippen LogP contribution in [0.1, 0.15) is 0 Å². The molecule has 1 aliphatic rings. The molecule has 1 heterocycles. The van der Waals surface area contributed by atoms with E-state index in [-0.39, 0.29) is 18.5 Å². The first kappa shape index (κ1) is 9.22. The Labute approximate surface area is 69.8 Å². The zero-order valence-corrected chi connectivity index (χ0v) is 6.70. The number of hydrogen-bond donors (Lipinski definition) is 4. The highest BCUT2D eigenvalue weighted by Gasteiger charge is 2.35. The molecule has 0 aromatic rings. The number of aliphatic hydroxyl groups excluding tert-OH is 3. The smallest absolute Gasteiger partial charge is 0.109 e. The van der Waals surface area contributed by atoms with Crippen molar-refractivity contribution < 1.29 is 15.3 Å². The molecule has 11 heavy (non-hydrogen) atoms. The molecule has 66 valence electrons. The van der Waals surface area contributed by atoms with Crippen molar-refractivity contribution in [1.29, 1.82) is 0 Å². The van der Waals surface area contributed by atoms with Crippen LogP contribution in [0, 0.1) is 0 Å². The molecule has 4 atom stereocenters. The predicted octanol–water partition coefficient (Wildman–Crippen LogP) is -1.72. The van der Waals surface area contributed by atoms with Gasteiger partial charge in [0.25, 0.3) is 0 Å². The van der Waals surface area contributed by atoms with Crippen LogP contribution >= 0.6 is 11.6 Å². The number of rotatable bonds is 1. The van der Waals surface area contributed by atoms with Gasteiger partial charge in [0.2, 0.25) is 0 Å². The normalized spacial score (nSPS) is 45.8. The molecule has 1 rings (SSSR count). The topological polar surface area (TPSA) is 72.7 Å². The molecule has 0 unspecified atom stereocenters. The third-order valence-corrected chi connectivity index (χ3v) is 2.24. The van der Waals surface area contributed by atoms with Gasteiger partial charge in [0.15, 0.2) is 0 Å². The number of nitrogens with one attached hydrogen (secondary N) is 1. The minimum Gasteiger partial charge on any atom is -0.389 e. The molecule has 0 aromatic carbocycles. The lowest BCUT2D eigenvalue weighted by atomic mass is 9.97.